The lowest BCUT2D eigenvalue weighted by Gasteiger charge is -2.32. The first-order chi connectivity index (χ1) is 17.4. The van der Waals surface area contributed by atoms with Crippen molar-refractivity contribution in [1.82, 2.24) is 15.2 Å². The molecular formula is C27H30N4O5. The van der Waals surface area contributed by atoms with Crippen LogP contribution in [0.5, 0.6) is 0 Å². The first-order valence-corrected chi connectivity index (χ1v) is 12.0. The molecule has 4 rings (SSSR count). The van der Waals surface area contributed by atoms with E-state index < -0.39 is 29.9 Å². The van der Waals surface area contributed by atoms with Gasteiger partial charge in [-0.05, 0) is 42.0 Å². The molecule has 9 heteroatoms. The topological polar surface area (TPSA) is 146 Å². The molecule has 2 unspecified atom stereocenters. The summed E-state index contributed by atoms with van der Waals surface area (Å²) < 4.78 is 0. The molecule has 1 aliphatic heterocycles. The summed E-state index contributed by atoms with van der Waals surface area (Å²) in [4.78, 5) is 42.6. The second kappa shape index (κ2) is 11.3. The summed E-state index contributed by atoms with van der Waals surface area (Å²) in [5.74, 6) is -1.88. The second-order valence-electron chi connectivity index (χ2n) is 9.04. The third-order valence-corrected chi connectivity index (χ3v) is 6.73. The fourth-order valence-electron chi connectivity index (χ4n) is 4.78. The third kappa shape index (κ3) is 5.53. The van der Waals surface area contributed by atoms with Crippen molar-refractivity contribution in [2.45, 2.75) is 44.1 Å². The zero-order chi connectivity index (χ0) is 25.7. The average molecular weight is 491 g/mol. The fourth-order valence-corrected chi connectivity index (χ4v) is 4.78. The van der Waals surface area contributed by atoms with Crippen molar-refractivity contribution in [2.24, 2.45) is 11.7 Å². The van der Waals surface area contributed by atoms with Crippen molar-refractivity contribution >= 4 is 17.7 Å². The Balaban J connectivity index is 1.34. The van der Waals surface area contributed by atoms with Gasteiger partial charge in [0.25, 0.3) is 17.7 Å². The molecule has 9 nitrogen and oxygen atoms in total. The van der Waals surface area contributed by atoms with Gasteiger partial charge in [-0.15, -0.1) is 0 Å². The molecule has 4 atom stereocenters. The Hall–Kier alpha value is -3.82. The van der Waals surface area contributed by atoms with E-state index in [4.69, 9.17) is 5.73 Å². The van der Waals surface area contributed by atoms with Crippen LogP contribution in [0.2, 0.25) is 0 Å². The second-order valence-corrected chi connectivity index (χ2v) is 9.04. The van der Waals surface area contributed by atoms with Crippen LogP contribution in [0.15, 0.2) is 67.0 Å². The maximum atomic E-state index is 12.9. The van der Waals surface area contributed by atoms with Gasteiger partial charge < -0.3 is 26.2 Å². The molecule has 0 radical (unpaired) electrons. The summed E-state index contributed by atoms with van der Waals surface area (Å²) >= 11 is 0. The minimum atomic E-state index is -1.88. The molecule has 0 spiro atoms. The number of hydrogen-bond donors (Lipinski definition) is 4. The Morgan fingerprint density at radius 2 is 1.89 bits per heavy atom. The van der Waals surface area contributed by atoms with Crippen LogP contribution in [0, 0.1) is 5.92 Å². The number of benzene rings is 1. The zero-order valence-electron chi connectivity index (χ0n) is 19.8. The molecule has 1 saturated heterocycles. The number of aliphatic hydroxyl groups excluding tert-OH is 2. The maximum absolute atomic E-state index is 12.9. The maximum Gasteiger partial charge on any atom is 0.254 e. The predicted octanol–water partition coefficient (Wildman–Crippen LogP) is 1.31. The van der Waals surface area contributed by atoms with Gasteiger partial charge in [-0.25, -0.2) is 0 Å². The molecule has 2 heterocycles. The number of allylic oxidation sites excluding steroid dienone is 3. The summed E-state index contributed by atoms with van der Waals surface area (Å²) in [5.41, 5.74) is 7.85. The van der Waals surface area contributed by atoms with E-state index in [1.54, 1.807) is 41.4 Å². The Morgan fingerprint density at radius 3 is 2.58 bits per heavy atom. The first kappa shape index (κ1) is 25.3. The zero-order valence-corrected chi connectivity index (χ0v) is 19.8. The number of nitrogens with zero attached hydrogens (tertiary/aromatic N) is 2. The van der Waals surface area contributed by atoms with Crippen LogP contribution in [-0.2, 0) is 16.1 Å². The minimum Gasteiger partial charge on any atom is -0.380 e. The lowest BCUT2D eigenvalue weighted by molar-refractivity contribution is -0.154. The van der Waals surface area contributed by atoms with Crippen molar-refractivity contribution < 1.29 is 24.6 Å². The van der Waals surface area contributed by atoms with Gasteiger partial charge in [0.1, 0.15) is 0 Å². The van der Waals surface area contributed by atoms with E-state index in [1.807, 2.05) is 18.2 Å². The largest absolute Gasteiger partial charge is 0.380 e. The number of primary amides is 1. The summed E-state index contributed by atoms with van der Waals surface area (Å²) in [6.07, 6.45) is 9.73. The van der Waals surface area contributed by atoms with Gasteiger partial charge >= 0.3 is 0 Å². The molecule has 3 amide bonds. The Labute approximate surface area is 209 Å². The molecule has 36 heavy (non-hydrogen) atoms. The summed E-state index contributed by atoms with van der Waals surface area (Å²) in [5, 5.41) is 23.4. The molecule has 1 fully saturated rings. The normalized spacial score (nSPS) is 20.7. The van der Waals surface area contributed by atoms with Crippen molar-refractivity contribution in [3.8, 4) is 11.1 Å². The molecule has 2 aliphatic rings. The molecule has 2 aromatic rings. The molecule has 0 saturated carbocycles. The highest BCUT2D eigenvalue weighted by Crippen LogP contribution is 2.30. The lowest BCUT2D eigenvalue weighted by atomic mass is 9.91. The van der Waals surface area contributed by atoms with Gasteiger partial charge in [-0.1, -0.05) is 48.6 Å². The Bertz CT molecular complexity index is 1180. The fraction of sp³-hybridized carbons (Fsp3) is 0.333. The van der Waals surface area contributed by atoms with E-state index in [0.717, 1.165) is 30.4 Å². The quantitative estimate of drug-likeness (QED) is 0.439. The Kier molecular flexibility index (Phi) is 7.92. The number of hydrogen-bond acceptors (Lipinski definition) is 6. The molecule has 1 aliphatic carbocycles. The Morgan fingerprint density at radius 1 is 1.11 bits per heavy atom. The minimum absolute atomic E-state index is 0.0578. The van der Waals surface area contributed by atoms with Gasteiger partial charge in [0.2, 0.25) is 0 Å². The van der Waals surface area contributed by atoms with Crippen LogP contribution < -0.4 is 11.1 Å². The van der Waals surface area contributed by atoms with Crippen LogP contribution in [0.4, 0.5) is 0 Å². The number of aromatic nitrogens is 1. The lowest BCUT2D eigenvalue weighted by Crippen LogP contribution is -2.52. The smallest absolute Gasteiger partial charge is 0.254 e. The van der Waals surface area contributed by atoms with Crippen molar-refractivity contribution in [3.63, 3.8) is 0 Å². The van der Waals surface area contributed by atoms with Gasteiger partial charge in [-0.3, -0.25) is 19.4 Å². The van der Waals surface area contributed by atoms with Crippen molar-refractivity contribution in [3.05, 3.63) is 78.2 Å². The van der Waals surface area contributed by atoms with E-state index in [-0.39, 0.29) is 18.5 Å². The van der Waals surface area contributed by atoms with Crippen LogP contribution in [0.3, 0.4) is 0 Å². The molecular weight excluding hydrogens is 460 g/mol. The molecule has 0 bridgehead atoms. The number of nitrogens with one attached hydrogen (secondary N) is 1. The highest BCUT2D eigenvalue weighted by molar-refractivity contribution is 5.99. The number of pyridine rings is 1. The van der Waals surface area contributed by atoms with E-state index in [1.165, 1.54) is 6.20 Å². The van der Waals surface area contributed by atoms with Gasteiger partial charge in [0, 0.05) is 37.4 Å². The summed E-state index contributed by atoms with van der Waals surface area (Å²) in [7, 11) is 0. The summed E-state index contributed by atoms with van der Waals surface area (Å²) in [6.45, 7) is 0.575. The molecule has 1 aromatic heterocycles. The average Bonchev–Trinajstić information content (AvgIpc) is 3.41. The number of rotatable bonds is 8. The standard InChI is InChI=1S/C27H30N4O5/c28-25(34)21-16-29-13-12-20(21)18-10-8-17(9-11-18)15-30-26(35)23(32)24(33)27(36)31-14-4-7-22(31)19-5-2-1-3-6-19/h1-3,5,8-13,16,19,22-24,32-33H,4,6-7,14-15H2,(H2,28,34)(H,30,35)/t19?,22?,23-,24-/m1/s1. The van der Waals surface area contributed by atoms with E-state index in [9.17, 15) is 24.6 Å². The highest BCUT2D eigenvalue weighted by Gasteiger charge is 2.39. The number of carbonyl (C=O) groups is 3. The first-order valence-electron chi connectivity index (χ1n) is 12.0. The van der Waals surface area contributed by atoms with Gasteiger partial charge in [0.05, 0.1) is 5.56 Å². The number of amides is 3. The number of nitrogens with two attached hydrogens (primary N) is 1. The molecule has 5 N–H and O–H groups in total. The molecule has 1 aromatic carbocycles. The van der Waals surface area contributed by atoms with E-state index >= 15 is 0 Å². The SMILES string of the molecule is NC(=O)c1cnccc1-c1ccc(CNC(=O)[C@H](O)[C@@H](O)C(=O)N2CCCC2C2C=CC=CC2)cc1. The van der Waals surface area contributed by atoms with Gasteiger partial charge in [0.15, 0.2) is 12.2 Å². The monoisotopic (exact) mass is 490 g/mol. The van der Waals surface area contributed by atoms with Crippen molar-refractivity contribution in [1.29, 1.82) is 0 Å². The number of carbonyl (C=O) groups excluding carboxylic acids is 3. The highest BCUT2D eigenvalue weighted by atomic mass is 16.3. The predicted molar refractivity (Wildman–Crippen MR) is 133 cm³/mol. The third-order valence-electron chi connectivity index (χ3n) is 6.73. The summed E-state index contributed by atoms with van der Waals surface area (Å²) in [6, 6.07) is 8.71. The van der Waals surface area contributed by atoms with Crippen LogP contribution in [-0.4, -0.2) is 62.6 Å². The van der Waals surface area contributed by atoms with E-state index in [2.05, 4.69) is 16.4 Å². The van der Waals surface area contributed by atoms with Crippen molar-refractivity contribution in [2.75, 3.05) is 6.54 Å². The van der Waals surface area contributed by atoms with E-state index in [0.29, 0.717) is 17.7 Å². The van der Waals surface area contributed by atoms with Gasteiger partial charge in [-0.2, -0.15) is 0 Å². The van der Waals surface area contributed by atoms with Crippen LogP contribution >= 0.6 is 0 Å². The van der Waals surface area contributed by atoms with Crippen LogP contribution in [0.25, 0.3) is 11.1 Å². The number of likely N-dealkylation sites (tertiary alicyclic amines) is 1. The molecule has 188 valence electrons. The number of aliphatic hydroxyl groups is 2. The van der Waals surface area contributed by atoms with Crippen LogP contribution in [0.1, 0.15) is 35.2 Å².